The molecule has 0 saturated heterocycles. The first-order valence-electron chi connectivity index (χ1n) is 8.77. The van der Waals surface area contributed by atoms with Gasteiger partial charge in [0.05, 0.1) is 4.92 Å². The molecule has 0 radical (unpaired) electrons. The van der Waals surface area contributed by atoms with Crippen molar-refractivity contribution >= 4 is 17.3 Å². The molecule has 29 heavy (non-hydrogen) atoms. The summed E-state index contributed by atoms with van der Waals surface area (Å²) in [5.74, 6) is 0.579. The lowest BCUT2D eigenvalue weighted by atomic mass is 10.1. The number of nitrogens with zero attached hydrogens (tertiary/aromatic N) is 2. The third-order valence-corrected chi connectivity index (χ3v) is 4.70. The molecule has 2 heterocycles. The van der Waals surface area contributed by atoms with Crippen molar-refractivity contribution < 1.29 is 14.1 Å². The number of benzene rings is 2. The molecule has 8 nitrogen and oxygen atoms in total. The standard InChI is InChI=1S/C20H17ClN4O4/c1-20(22-8-9-23-20)12-29-18-7-4-14(10-17(18)25(26)27)16-11-28-19(24-16)13-2-5-15(21)6-3-13/h2-11,22-23H,12H2,1H3. The third-order valence-electron chi connectivity index (χ3n) is 4.45. The topological polar surface area (TPSA) is 102 Å². The van der Waals surface area contributed by atoms with E-state index in [0.717, 1.165) is 5.56 Å². The Morgan fingerprint density at radius 3 is 2.55 bits per heavy atom. The molecule has 9 heteroatoms. The lowest BCUT2D eigenvalue weighted by molar-refractivity contribution is -0.385. The van der Waals surface area contributed by atoms with Crippen LogP contribution in [-0.2, 0) is 0 Å². The van der Waals surface area contributed by atoms with Gasteiger partial charge in [-0.15, -0.1) is 0 Å². The molecule has 148 valence electrons. The monoisotopic (exact) mass is 412 g/mol. The van der Waals surface area contributed by atoms with Gasteiger partial charge in [-0.2, -0.15) is 0 Å². The summed E-state index contributed by atoms with van der Waals surface area (Å²) in [7, 11) is 0. The van der Waals surface area contributed by atoms with Crippen LogP contribution in [0.1, 0.15) is 6.92 Å². The largest absolute Gasteiger partial charge is 0.482 e. The first-order chi connectivity index (χ1) is 13.9. The Labute approximate surface area is 171 Å². The van der Waals surface area contributed by atoms with Crippen molar-refractivity contribution in [3.05, 3.63) is 76.3 Å². The highest BCUT2D eigenvalue weighted by atomic mass is 35.5. The first-order valence-corrected chi connectivity index (χ1v) is 9.15. The summed E-state index contributed by atoms with van der Waals surface area (Å²) in [6.07, 6.45) is 4.97. The normalized spacial score (nSPS) is 14.3. The second kappa shape index (κ2) is 7.48. The number of nitro benzene ring substituents is 1. The molecule has 0 bridgehead atoms. The average Bonchev–Trinajstić information content (AvgIpc) is 3.37. The van der Waals surface area contributed by atoms with Gasteiger partial charge in [-0.3, -0.25) is 10.1 Å². The van der Waals surface area contributed by atoms with E-state index in [9.17, 15) is 10.1 Å². The zero-order valence-electron chi connectivity index (χ0n) is 15.4. The molecule has 1 aliphatic rings. The number of oxazole rings is 1. The molecule has 1 aromatic heterocycles. The van der Waals surface area contributed by atoms with Gasteiger partial charge in [0.1, 0.15) is 24.2 Å². The lowest BCUT2D eigenvalue weighted by Crippen LogP contribution is -2.50. The second-order valence-electron chi connectivity index (χ2n) is 6.73. The Balaban J connectivity index is 1.58. The number of halogens is 1. The predicted molar refractivity (Wildman–Crippen MR) is 108 cm³/mol. The van der Waals surface area contributed by atoms with Gasteiger partial charge < -0.3 is 19.8 Å². The molecule has 0 amide bonds. The van der Waals surface area contributed by atoms with Crippen LogP contribution in [0, 0.1) is 10.1 Å². The van der Waals surface area contributed by atoms with Crippen molar-refractivity contribution in [1.82, 2.24) is 15.6 Å². The fourth-order valence-electron chi connectivity index (χ4n) is 2.87. The van der Waals surface area contributed by atoms with Gasteiger partial charge in [-0.25, -0.2) is 4.98 Å². The molecular weight excluding hydrogens is 396 g/mol. The Morgan fingerprint density at radius 1 is 1.17 bits per heavy atom. The molecule has 2 aromatic carbocycles. The molecule has 1 aliphatic heterocycles. The molecule has 0 saturated carbocycles. The van der Waals surface area contributed by atoms with Crippen molar-refractivity contribution in [3.63, 3.8) is 0 Å². The van der Waals surface area contributed by atoms with Crippen LogP contribution in [0.5, 0.6) is 5.75 Å². The summed E-state index contributed by atoms with van der Waals surface area (Å²) in [6, 6.07) is 11.8. The minimum atomic E-state index is -0.522. The maximum absolute atomic E-state index is 11.6. The maximum Gasteiger partial charge on any atom is 0.311 e. The average molecular weight is 413 g/mol. The molecule has 3 aromatic rings. The first kappa shape index (κ1) is 18.8. The van der Waals surface area contributed by atoms with Gasteiger partial charge in [0.25, 0.3) is 0 Å². The van der Waals surface area contributed by atoms with Crippen molar-refractivity contribution in [3.8, 4) is 28.5 Å². The van der Waals surface area contributed by atoms with E-state index >= 15 is 0 Å². The van der Waals surface area contributed by atoms with E-state index in [2.05, 4.69) is 15.6 Å². The number of hydrogen-bond acceptors (Lipinski definition) is 7. The summed E-state index contributed by atoms with van der Waals surface area (Å²) < 4.78 is 11.2. The molecule has 0 atom stereocenters. The van der Waals surface area contributed by atoms with Gasteiger partial charge in [0.2, 0.25) is 5.89 Å². The van der Waals surface area contributed by atoms with Crippen molar-refractivity contribution in [1.29, 1.82) is 0 Å². The highest BCUT2D eigenvalue weighted by Gasteiger charge is 2.27. The Bertz CT molecular complexity index is 1070. The molecular formula is C20H17ClN4O4. The van der Waals surface area contributed by atoms with Crippen molar-refractivity contribution in [2.45, 2.75) is 12.6 Å². The van der Waals surface area contributed by atoms with E-state index in [1.165, 1.54) is 12.3 Å². The van der Waals surface area contributed by atoms with E-state index in [1.807, 2.05) is 6.92 Å². The second-order valence-corrected chi connectivity index (χ2v) is 7.16. The summed E-state index contributed by atoms with van der Waals surface area (Å²) in [4.78, 5) is 15.5. The van der Waals surface area contributed by atoms with E-state index in [0.29, 0.717) is 22.2 Å². The molecule has 2 N–H and O–H groups in total. The van der Waals surface area contributed by atoms with Crippen LogP contribution in [0.25, 0.3) is 22.7 Å². The van der Waals surface area contributed by atoms with Gasteiger partial charge in [0, 0.05) is 34.6 Å². The number of nitro groups is 1. The van der Waals surface area contributed by atoms with Crippen molar-refractivity contribution in [2.24, 2.45) is 0 Å². The number of aromatic nitrogens is 1. The quantitative estimate of drug-likeness (QED) is 0.458. The van der Waals surface area contributed by atoms with E-state index in [4.69, 9.17) is 20.8 Å². The number of nitrogens with one attached hydrogen (secondary N) is 2. The number of rotatable bonds is 6. The van der Waals surface area contributed by atoms with Gasteiger partial charge in [0.15, 0.2) is 5.75 Å². The number of hydrogen-bond donors (Lipinski definition) is 2. The lowest BCUT2D eigenvalue weighted by Gasteiger charge is -2.25. The van der Waals surface area contributed by atoms with Crippen LogP contribution in [0.2, 0.25) is 5.02 Å². The Hall–Kier alpha value is -3.52. The van der Waals surface area contributed by atoms with Gasteiger partial charge >= 0.3 is 5.69 Å². The smallest absolute Gasteiger partial charge is 0.311 e. The summed E-state index contributed by atoms with van der Waals surface area (Å²) in [6.45, 7) is 2.09. The van der Waals surface area contributed by atoms with Crippen LogP contribution in [0.4, 0.5) is 5.69 Å². The maximum atomic E-state index is 11.6. The van der Waals surface area contributed by atoms with Crippen LogP contribution >= 0.6 is 11.6 Å². The van der Waals surface area contributed by atoms with Crippen LogP contribution in [0.3, 0.4) is 0 Å². The van der Waals surface area contributed by atoms with Gasteiger partial charge in [-0.1, -0.05) is 11.6 Å². The zero-order valence-corrected chi connectivity index (χ0v) is 16.1. The number of ether oxygens (including phenoxy) is 1. The molecule has 4 rings (SSSR count). The Kier molecular flexibility index (Phi) is 4.85. The van der Waals surface area contributed by atoms with Crippen molar-refractivity contribution in [2.75, 3.05) is 6.61 Å². The predicted octanol–water partition coefficient (Wildman–Crippen LogP) is 4.33. The minimum Gasteiger partial charge on any atom is -0.482 e. The van der Waals surface area contributed by atoms with Crippen LogP contribution in [-0.4, -0.2) is 22.2 Å². The molecule has 0 spiro atoms. The SMILES string of the molecule is CC1(COc2ccc(-c3coc(-c4ccc(Cl)cc4)n3)cc2[N+](=O)[O-])NC=CN1. The fourth-order valence-corrected chi connectivity index (χ4v) is 3.00. The van der Waals surface area contributed by atoms with Crippen LogP contribution in [0.15, 0.2) is 65.5 Å². The summed E-state index contributed by atoms with van der Waals surface area (Å²) in [5.41, 5.74) is 1.13. The minimum absolute atomic E-state index is 0.145. The fraction of sp³-hybridized carbons (Fsp3) is 0.150. The van der Waals surface area contributed by atoms with E-state index in [1.54, 1.807) is 48.8 Å². The highest BCUT2D eigenvalue weighted by molar-refractivity contribution is 6.30. The van der Waals surface area contributed by atoms with Gasteiger partial charge in [-0.05, 0) is 43.3 Å². The summed E-state index contributed by atoms with van der Waals surface area (Å²) >= 11 is 5.90. The third kappa shape index (κ3) is 4.02. The van der Waals surface area contributed by atoms with E-state index < -0.39 is 10.6 Å². The molecule has 0 unspecified atom stereocenters. The molecule has 0 aliphatic carbocycles. The van der Waals surface area contributed by atoms with Crippen LogP contribution < -0.4 is 15.4 Å². The summed E-state index contributed by atoms with van der Waals surface area (Å²) in [5, 5.41) is 18.4. The highest BCUT2D eigenvalue weighted by Crippen LogP contribution is 2.33. The zero-order chi connectivity index (χ0) is 20.4. The van der Waals surface area contributed by atoms with E-state index in [-0.39, 0.29) is 18.0 Å². The Morgan fingerprint density at radius 2 is 1.86 bits per heavy atom. The molecule has 0 fully saturated rings.